The zero-order valence-electron chi connectivity index (χ0n) is 21.2. The number of carbonyl (C=O) groups excluding carboxylic acids is 1. The van der Waals surface area contributed by atoms with Gasteiger partial charge in [-0.25, -0.2) is 18.1 Å². The molecule has 0 bridgehead atoms. The highest BCUT2D eigenvalue weighted by atomic mass is 32.2. The van der Waals surface area contributed by atoms with Gasteiger partial charge in [-0.1, -0.05) is 6.07 Å². The summed E-state index contributed by atoms with van der Waals surface area (Å²) in [5.74, 6) is 1.24. The Kier molecular flexibility index (Phi) is 5.70. The van der Waals surface area contributed by atoms with E-state index >= 15 is 0 Å². The normalized spacial score (nSPS) is 13.7. The second-order valence-corrected chi connectivity index (χ2v) is 11.7. The van der Waals surface area contributed by atoms with Gasteiger partial charge in [0.15, 0.2) is 5.82 Å². The number of ether oxygens (including phenoxy) is 1. The minimum absolute atomic E-state index is 0.113. The van der Waals surface area contributed by atoms with Gasteiger partial charge in [-0.2, -0.15) is 10.1 Å². The number of nitrogens with two attached hydrogens (primary N) is 1. The van der Waals surface area contributed by atoms with E-state index in [1.54, 1.807) is 35.6 Å². The van der Waals surface area contributed by atoms with Gasteiger partial charge >= 0.3 is 0 Å². The first kappa shape index (κ1) is 24.7. The first-order valence-corrected chi connectivity index (χ1v) is 13.6. The van der Waals surface area contributed by atoms with Crippen LogP contribution in [0.25, 0.3) is 34.0 Å². The molecular formula is C24H28N8O4S. The molecule has 0 fully saturated rings. The Bertz CT molecular complexity index is 1630. The molecule has 2 N–H and O–H groups in total. The number of primary amides is 1. The van der Waals surface area contributed by atoms with E-state index in [9.17, 15) is 13.2 Å². The van der Waals surface area contributed by atoms with Crippen molar-refractivity contribution in [1.82, 2.24) is 34.1 Å². The average molecular weight is 525 g/mol. The fraction of sp³-hybridized carbons (Fsp3) is 0.375. The van der Waals surface area contributed by atoms with Crippen LogP contribution in [-0.2, 0) is 26.7 Å². The van der Waals surface area contributed by atoms with Gasteiger partial charge in [0.05, 0.1) is 18.3 Å². The van der Waals surface area contributed by atoms with Crippen LogP contribution >= 0.6 is 0 Å². The van der Waals surface area contributed by atoms with Crippen LogP contribution in [0.2, 0.25) is 0 Å². The fourth-order valence-corrected chi connectivity index (χ4v) is 4.54. The van der Waals surface area contributed by atoms with E-state index in [0.717, 1.165) is 22.9 Å². The maximum absolute atomic E-state index is 12.1. The van der Waals surface area contributed by atoms with Gasteiger partial charge in [-0.05, 0) is 45.4 Å². The molecule has 37 heavy (non-hydrogen) atoms. The molecule has 1 amide bonds. The first-order valence-electron chi connectivity index (χ1n) is 11.7. The summed E-state index contributed by atoms with van der Waals surface area (Å²) in [6.45, 7) is 8.20. The van der Waals surface area contributed by atoms with Gasteiger partial charge in [0.2, 0.25) is 15.7 Å². The van der Waals surface area contributed by atoms with Crippen molar-refractivity contribution in [3.8, 4) is 39.8 Å². The lowest BCUT2D eigenvalue weighted by Crippen LogP contribution is -2.41. The number of sulfone groups is 1. The van der Waals surface area contributed by atoms with Crippen molar-refractivity contribution in [2.24, 2.45) is 5.73 Å². The van der Waals surface area contributed by atoms with Gasteiger partial charge in [0.1, 0.15) is 29.4 Å². The highest BCUT2D eigenvalue weighted by molar-refractivity contribution is 7.90. The van der Waals surface area contributed by atoms with Crippen molar-refractivity contribution in [2.45, 2.75) is 51.0 Å². The minimum Gasteiger partial charge on any atom is -0.491 e. The second-order valence-electron chi connectivity index (χ2n) is 9.83. The number of aromatic nitrogens is 7. The Morgan fingerprint density at radius 3 is 2.57 bits per heavy atom. The monoisotopic (exact) mass is 524 g/mol. The van der Waals surface area contributed by atoms with Crippen molar-refractivity contribution in [2.75, 3.05) is 12.9 Å². The number of hydrogen-bond donors (Lipinski definition) is 1. The van der Waals surface area contributed by atoms with Crippen LogP contribution in [-0.4, -0.2) is 61.3 Å². The van der Waals surface area contributed by atoms with Crippen LogP contribution in [0.1, 0.15) is 33.7 Å². The molecule has 4 aromatic rings. The van der Waals surface area contributed by atoms with Crippen LogP contribution in [0.15, 0.2) is 41.9 Å². The van der Waals surface area contributed by atoms with Gasteiger partial charge in [0.25, 0.3) is 5.16 Å². The average Bonchev–Trinajstić information content (AvgIpc) is 3.55. The third-order valence-electron chi connectivity index (χ3n) is 6.34. The summed E-state index contributed by atoms with van der Waals surface area (Å²) in [7, 11) is -3.58. The lowest BCUT2D eigenvalue weighted by atomic mass is 10.0. The summed E-state index contributed by atoms with van der Waals surface area (Å²) in [4.78, 5) is 20.9. The number of benzene rings is 1. The van der Waals surface area contributed by atoms with Crippen molar-refractivity contribution < 1.29 is 17.9 Å². The van der Waals surface area contributed by atoms with E-state index in [0.29, 0.717) is 36.2 Å². The first-order chi connectivity index (χ1) is 17.4. The highest BCUT2D eigenvalue weighted by Gasteiger charge is 2.29. The molecule has 5 rings (SSSR count). The maximum Gasteiger partial charge on any atom is 0.267 e. The standard InChI is InChI=1S/C24H28N8O4S/c1-14(2)32-21(28-23(29-32)37(5,34)35)18-13-30-8-9-36-19-10-15(6-7-17(19)20(30)27-18)16-11-26-31(12-16)24(3,4)22(25)33/h6-7,10-14H,8-9H2,1-5H3,(H2,25,33). The van der Waals surface area contributed by atoms with E-state index < -0.39 is 21.3 Å². The molecule has 13 heteroatoms. The third-order valence-corrected chi connectivity index (χ3v) is 7.18. The van der Waals surface area contributed by atoms with Crippen LogP contribution in [0, 0.1) is 0 Å². The molecule has 0 aliphatic carbocycles. The number of amides is 1. The minimum atomic E-state index is -3.58. The smallest absolute Gasteiger partial charge is 0.267 e. The van der Waals surface area contributed by atoms with Crippen LogP contribution in [0.4, 0.5) is 0 Å². The molecule has 0 unspecified atom stereocenters. The molecule has 194 valence electrons. The second kappa shape index (κ2) is 8.54. The SMILES string of the molecule is CC(C)n1nc(S(C)(=O)=O)nc1-c1cn2c(n1)-c1ccc(-c3cnn(C(C)(C)C(N)=O)c3)cc1OCC2. The topological polar surface area (TPSA) is 153 Å². The Hall–Kier alpha value is -4.00. The number of rotatable bonds is 6. The predicted octanol–water partition coefficient (Wildman–Crippen LogP) is 2.27. The van der Waals surface area contributed by atoms with E-state index in [1.807, 2.05) is 42.8 Å². The molecule has 0 atom stereocenters. The number of fused-ring (bicyclic) bond motifs is 3. The maximum atomic E-state index is 12.1. The van der Waals surface area contributed by atoms with E-state index in [-0.39, 0.29) is 11.2 Å². The van der Waals surface area contributed by atoms with Crippen molar-refractivity contribution in [1.29, 1.82) is 0 Å². The van der Waals surface area contributed by atoms with Gasteiger partial charge in [-0.3, -0.25) is 9.48 Å². The summed E-state index contributed by atoms with van der Waals surface area (Å²) in [6, 6.07) is 5.65. The Labute approximate surface area is 214 Å². The predicted molar refractivity (Wildman–Crippen MR) is 135 cm³/mol. The lowest BCUT2D eigenvalue weighted by Gasteiger charge is -2.20. The molecule has 0 saturated carbocycles. The van der Waals surface area contributed by atoms with Crippen LogP contribution < -0.4 is 10.5 Å². The highest BCUT2D eigenvalue weighted by Crippen LogP contribution is 2.37. The molecule has 0 saturated heterocycles. The molecule has 0 radical (unpaired) electrons. The van der Waals surface area contributed by atoms with Gasteiger partial charge in [-0.15, -0.1) is 5.10 Å². The summed E-state index contributed by atoms with van der Waals surface area (Å²) in [5.41, 5.74) is 7.55. The largest absolute Gasteiger partial charge is 0.491 e. The Morgan fingerprint density at radius 2 is 1.89 bits per heavy atom. The molecule has 1 aliphatic rings. The fourth-order valence-electron chi connectivity index (χ4n) is 4.06. The number of nitrogens with zero attached hydrogens (tertiary/aromatic N) is 7. The Balaban J connectivity index is 1.55. The molecule has 12 nitrogen and oxygen atoms in total. The Morgan fingerprint density at radius 1 is 1.14 bits per heavy atom. The quantitative estimate of drug-likeness (QED) is 0.403. The van der Waals surface area contributed by atoms with Crippen LogP contribution in [0.3, 0.4) is 0 Å². The summed E-state index contributed by atoms with van der Waals surface area (Å²) >= 11 is 0. The summed E-state index contributed by atoms with van der Waals surface area (Å²) < 4.78 is 35.3. The van der Waals surface area contributed by atoms with E-state index in [4.69, 9.17) is 15.5 Å². The van der Waals surface area contributed by atoms with Gasteiger partial charge < -0.3 is 15.0 Å². The molecule has 0 spiro atoms. The zero-order valence-corrected chi connectivity index (χ0v) is 22.0. The summed E-state index contributed by atoms with van der Waals surface area (Å²) in [6.07, 6.45) is 6.39. The lowest BCUT2D eigenvalue weighted by molar-refractivity contribution is -0.125. The number of hydrogen-bond acceptors (Lipinski definition) is 8. The van der Waals surface area contributed by atoms with Crippen molar-refractivity contribution in [3.05, 3.63) is 36.8 Å². The number of imidazole rings is 1. The van der Waals surface area contributed by atoms with Gasteiger partial charge in [0, 0.05) is 30.3 Å². The third kappa shape index (κ3) is 4.28. The molecule has 1 aliphatic heterocycles. The van der Waals surface area contributed by atoms with Crippen LogP contribution in [0.5, 0.6) is 5.75 Å². The van der Waals surface area contributed by atoms with Crippen molar-refractivity contribution >= 4 is 15.7 Å². The summed E-state index contributed by atoms with van der Waals surface area (Å²) in [5, 5.41) is 8.31. The molecule has 1 aromatic carbocycles. The van der Waals surface area contributed by atoms with E-state index in [2.05, 4.69) is 15.2 Å². The number of carbonyl (C=O) groups is 1. The van der Waals surface area contributed by atoms with E-state index in [1.165, 1.54) is 0 Å². The zero-order chi connectivity index (χ0) is 26.7. The molecular weight excluding hydrogens is 496 g/mol. The van der Waals surface area contributed by atoms with Crippen molar-refractivity contribution in [3.63, 3.8) is 0 Å². The molecule has 3 aromatic heterocycles. The molecule has 4 heterocycles.